The van der Waals surface area contributed by atoms with E-state index in [2.05, 4.69) is 5.32 Å². The van der Waals surface area contributed by atoms with Crippen LogP contribution in [-0.2, 0) is 15.5 Å². The van der Waals surface area contributed by atoms with Crippen LogP contribution >= 0.6 is 0 Å². The molecule has 4 heteroatoms. The molecule has 0 saturated carbocycles. The molecule has 0 aromatic heterocycles. The molecular weight excluding hydrogens is 174 g/mol. The van der Waals surface area contributed by atoms with Crippen LogP contribution in [0, 0.1) is 5.92 Å². The lowest BCUT2D eigenvalue weighted by molar-refractivity contribution is 0.178. The van der Waals surface area contributed by atoms with Crippen molar-refractivity contribution < 1.29 is 8.95 Å². The Morgan fingerprint density at radius 1 is 1.50 bits per heavy atom. The molecule has 0 spiro atoms. The average Bonchev–Trinajstić information content (AvgIpc) is 2.56. The van der Waals surface area contributed by atoms with E-state index in [9.17, 15) is 4.21 Å². The topological polar surface area (TPSA) is 38.3 Å². The molecular formula is C8H15NO2S. The SMILES string of the molecule is O=S1CCNC(C2CCOC2)C1. The molecule has 2 fully saturated rings. The zero-order chi connectivity index (χ0) is 8.39. The summed E-state index contributed by atoms with van der Waals surface area (Å²) in [5, 5.41) is 3.42. The summed E-state index contributed by atoms with van der Waals surface area (Å²) in [5.74, 6) is 2.26. The monoisotopic (exact) mass is 189 g/mol. The largest absolute Gasteiger partial charge is 0.381 e. The van der Waals surface area contributed by atoms with Crippen molar-refractivity contribution in [2.45, 2.75) is 12.5 Å². The highest BCUT2D eigenvalue weighted by Crippen LogP contribution is 2.18. The standard InChI is InChI=1S/C8H15NO2S/c10-12-4-2-9-8(6-12)7-1-3-11-5-7/h7-9H,1-6H2. The summed E-state index contributed by atoms with van der Waals surface area (Å²) in [6.45, 7) is 2.65. The molecule has 70 valence electrons. The van der Waals surface area contributed by atoms with E-state index in [1.165, 1.54) is 0 Å². The zero-order valence-corrected chi connectivity index (χ0v) is 7.94. The van der Waals surface area contributed by atoms with E-state index in [-0.39, 0.29) is 0 Å². The summed E-state index contributed by atoms with van der Waals surface area (Å²) in [7, 11) is -0.584. The van der Waals surface area contributed by atoms with Gasteiger partial charge < -0.3 is 10.1 Å². The smallest absolute Gasteiger partial charge is 0.0510 e. The van der Waals surface area contributed by atoms with Gasteiger partial charge in [0.05, 0.1) is 6.61 Å². The maximum Gasteiger partial charge on any atom is 0.0510 e. The Bertz CT molecular complexity index is 180. The molecule has 0 aromatic carbocycles. The van der Waals surface area contributed by atoms with Gasteiger partial charge in [-0.25, -0.2) is 0 Å². The van der Waals surface area contributed by atoms with E-state index < -0.39 is 10.8 Å². The zero-order valence-electron chi connectivity index (χ0n) is 7.12. The van der Waals surface area contributed by atoms with E-state index >= 15 is 0 Å². The second-order valence-corrected chi connectivity index (χ2v) is 5.12. The molecule has 2 rings (SSSR count). The van der Waals surface area contributed by atoms with Crippen LogP contribution in [0.1, 0.15) is 6.42 Å². The first-order valence-corrected chi connectivity index (χ1v) is 6.01. The third-order valence-electron chi connectivity index (χ3n) is 2.64. The van der Waals surface area contributed by atoms with E-state index in [0.717, 1.165) is 37.7 Å². The molecule has 0 bridgehead atoms. The second kappa shape index (κ2) is 3.85. The number of ether oxygens (including phenoxy) is 1. The van der Waals surface area contributed by atoms with Gasteiger partial charge in [-0.2, -0.15) is 0 Å². The van der Waals surface area contributed by atoms with Gasteiger partial charge in [0.1, 0.15) is 0 Å². The lowest BCUT2D eigenvalue weighted by Gasteiger charge is -2.27. The molecule has 0 radical (unpaired) electrons. The molecule has 3 nitrogen and oxygen atoms in total. The van der Waals surface area contributed by atoms with E-state index in [0.29, 0.717) is 12.0 Å². The molecule has 2 aliphatic rings. The van der Waals surface area contributed by atoms with Gasteiger partial charge >= 0.3 is 0 Å². The lowest BCUT2D eigenvalue weighted by Crippen LogP contribution is -2.47. The number of hydrogen-bond acceptors (Lipinski definition) is 3. The van der Waals surface area contributed by atoms with E-state index in [4.69, 9.17) is 4.74 Å². The van der Waals surface area contributed by atoms with Crippen LogP contribution in [0.5, 0.6) is 0 Å². The van der Waals surface area contributed by atoms with Gasteiger partial charge in [0.25, 0.3) is 0 Å². The minimum atomic E-state index is -0.584. The van der Waals surface area contributed by atoms with E-state index in [1.54, 1.807) is 0 Å². The second-order valence-electron chi connectivity index (χ2n) is 3.49. The Hall–Kier alpha value is 0.0700. The maximum absolute atomic E-state index is 11.3. The fourth-order valence-corrected chi connectivity index (χ4v) is 3.18. The summed E-state index contributed by atoms with van der Waals surface area (Å²) in [5.41, 5.74) is 0. The van der Waals surface area contributed by atoms with Crippen molar-refractivity contribution >= 4 is 10.8 Å². The number of rotatable bonds is 1. The molecule has 2 aliphatic heterocycles. The van der Waals surface area contributed by atoms with Crippen molar-refractivity contribution in [1.29, 1.82) is 0 Å². The van der Waals surface area contributed by atoms with Crippen LogP contribution in [0.3, 0.4) is 0 Å². The molecule has 2 saturated heterocycles. The van der Waals surface area contributed by atoms with Crippen LogP contribution in [0.4, 0.5) is 0 Å². The van der Waals surface area contributed by atoms with Crippen LogP contribution in [0.15, 0.2) is 0 Å². The van der Waals surface area contributed by atoms with Crippen molar-refractivity contribution in [3.05, 3.63) is 0 Å². The van der Waals surface area contributed by atoms with Gasteiger partial charge in [-0.1, -0.05) is 0 Å². The number of nitrogens with one attached hydrogen (secondary N) is 1. The Balaban J connectivity index is 1.89. The summed E-state index contributed by atoms with van der Waals surface area (Å²) >= 11 is 0. The average molecular weight is 189 g/mol. The first kappa shape index (κ1) is 8.66. The first-order valence-electron chi connectivity index (χ1n) is 4.52. The van der Waals surface area contributed by atoms with Gasteiger partial charge in [0.2, 0.25) is 0 Å². The predicted octanol–water partition coefficient (Wildman–Crippen LogP) is -0.257. The Labute approximate surface area is 75.3 Å². The highest BCUT2D eigenvalue weighted by Gasteiger charge is 2.28. The first-order chi connectivity index (χ1) is 5.86. The third kappa shape index (κ3) is 1.87. The van der Waals surface area contributed by atoms with Crippen LogP contribution in [0.25, 0.3) is 0 Å². The third-order valence-corrected chi connectivity index (χ3v) is 4.03. The Morgan fingerprint density at radius 3 is 3.08 bits per heavy atom. The highest BCUT2D eigenvalue weighted by atomic mass is 32.2. The highest BCUT2D eigenvalue weighted by molar-refractivity contribution is 7.85. The molecule has 2 heterocycles. The minimum Gasteiger partial charge on any atom is -0.381 e. The molecule has 1 N–H and O–H groups in total. The van der Waals surface area contributed by atoms with Crippen LogP contribution in [0.2, 0.25) is 0 Å². The van der Waals surface area contributed by atoms with Gasteiger partial charge in [-0.05, 0) is 6.42 Å². The van der Waals surface area contributed by atoms with Gasteiger partial charge in [-0.3, -0.25) is 4.21 Å². The van der Waals surface area contributed by atoms with Crippen molar-refractivity contribution in [3.8, 4) is 0 Å². The van der Waals surface area contributed by atoms with Crippen molar-refractivity contribution in [1.82, 2.24) is 5.32 Å². The fraction of sp³-hybridized carbons (Fsp3) is 1.00. The summed E-state index contributed by atoms with van der Waals surface area (Å²) in [4.78, 5) is 0. The fourth-order valence-electron chi connectivity index (χ4n) is 1.87. The molecule has 0 amide bonds. The summed E-state index contributed by atoms with van der Waals surface area (Å²) < 4.78 is 16.6. The molecule has 3 unspecified atom stereocenters. The molecule has 0 aromatic rings. The van der Waals surface area contributed by atoms with Gasteiger partial charge in [-0.15, -0.1) is 0 Å². The summed E-state index contributed by atoms with van der Waals surface area (Å²) in [6, 6.07) is 0.446. The maximum atomic E-state index is 11.3. The van der Waals surface area contributed by atoms with Crippen molar-refractivity contribution in [2.75, 3.05) is 31.3 Å². The Morgan fingerprint density at radius 2 is 2.42 bits per heavy atom. The molecule has 3 atom stereocenters. The molecule has 12 heavy (non-hydrogen) atoms. The van der Waals surface area contributed by atoms with Gasteiger partial charge in [0, 0.05) is 47.4 Å². The lowest BCUT2D eigenvalue weighted by atomic mass is 10.0. The summed E-state index contributed by atoms with van der Waals surface area (Å²) in [6.07, 6.45) is 1.13. The normalized spacial score (nSPS) is 43.2. The van der Waals surface area contributed by atoms with Crippen LogP contribution in [-0.4, -0.2) is 41.5 Å². The Kier molecular flexibility index (Phi) is 2.78. The van der Waals surface area contributed by atoms with Crippen molar-refractivity contribution in [2.24, 2.45) is 5.92 Å². The van der Waals surface area contributed by atoms with E-state index in [1.807, 2.05) is 0 Å². The molecule has 0 aliphatic carbocycles. The number of hydrogen-bond donors (Lipinski definition) is 1. The quantitative estimate of drug-likeness (QED) is 0.618. The van der Waals surface area contributed by atoms with Crippen molar-refractivity contribution in [3.63, 3.8) is 0 Å². The minimum absolute atomic E-state index is 0.446. The van der Waals surface area contributed by atoms with Gasteiger partial charge in [0.15, 0.2) is 0 Å². The van der Waals surface area contributed by atoms with Crippen LogP contribution < -0.4 is 5.32 Å². The predicted molar refractivity (Wildman–Crippen MR) is 48.6 cm³/mol.